The van der Waals surface area contributed by atoms with Gasteiger partial charge in [-0.15, -0.1) is 0 Å². The first kappa shape index (κ1) is 11.4. The molecule has 0 unspecified atom stereocenters. The normalized spacial score (nSPS) is 21.1. The molecule has 0 radical (unpaired) electrons. The Hall–Kier alpha value is -0.740. The number of benzene rings is 1. The number of rotatable bonds is 4. The van der Waals surface area contributed by atoms with Crippen molar-refractivity contribution in [3.8, 4) is 11.5 Å². The molecule has 2 fully saturated rings. The molecule has 4 heteroatoms. The molecule has 0 aliphatic heterocycles. The molecule has 3 nitrogen and oxygen atoms in total. The molecule has 2 aliphatic rings. The summed E-state index contributed by atoms with van der Waals surface area (Å²) in [5, 5.41) is 10.3. The Bertz CT molecular complexity index is 450. The van der Waals surface area contributed by atoms with Gasteiger partial charge in [0.15, 0.2) is 11.5 Å². The maximum Gasteiger partial charge on any atom is 0.167 e. The summed E-state index contributed by atoms with van der Waals surface area (Å²) in [6, 6.07) is 3.82. The molecule has 3 rings (SSSR count). The quantitative estimate of drug-likeness (QED) is 0.929. The predicted molar refractivity (Wildman–Crippen MR) is 67.5 cm³/mol. The summed E-state index contributed by atoms with van der Waals surface area (Å²) in [5.74, 6) is 1.42. The van der Waals surface area contributed by atoms with Crippen molar-refractivity contribution < 1.29 is 14.6 Å². The van der Waals surface area contributed by atoms with E-state index in [4.69, 9.17) is 9.47 Å². The van der Waals surface area contributed by atoms with Crippen molar-refractivity contribution >= 4 is 15.9 Å². The summed E-state index contributed by atoms with van der Waals surface area (Å²) in [7, 11) is 1.63. The van der Waals surface area contributed by atoms with Crippen LogP contribution in [0.3, 0.4) is 0 Å². The van der Waals surface area contributed by atoms with E-state index in [0.717, 1.165) is 41.5 Å². The molecular formula is C13H15BrO3. The van der Waals surface area contributed by atoms with Crippen LogP contribution in [0.25, 0.3) is 0 Å². The fraction of sp³-hybridized carbons (Fsp3) is 0.538. The van der Waals surface area contributed by atoms with E-state index in [9.17, 15) is 5.11 Å². The lowest BCUT2D eigenvalue weighted by atomic mass is 10.1. The van der Waals surface area contributed by atoms with Gasteiger partial charge in [0.05, 0.1) is 18.8 Å². The van der Waals surface area contributed by atoms with Crippen LogP contribution in [0.15, 0.2) is 16.6 Å². The van der Waals surface area contributed by atoms with Gasteiger partial charge >= 0.3 is 0 Å². The lowest BCUT2D eigenvalue weighted by molar-refractivity contribution is 0.143. The highest BCUT2D eigenvalue weighted by Gasteiger charge is 2.46. The van der Waals surface area contributed by atoms with E-state index in [0.29, 0.717) is 11.9 Å². The van der Waals surface area contributed by atoms with Crippen LogP contribution in [0.1, 0.15) is 31.2 Å². The summed E-state index contributed by atoms with van der Waals surface area (Å²) in [6.45, 7) is 0. The van der Waals surface area contributed by atoms with Crippen LogP contribution < -0.4 is 9.47 Å². The molecule has 0 heterocycles. The van der Waals surface area contributed by atoms with E-state index in [-0.39, 0.29) is 0 Å². The van der Waals surface area contributed by atoms with Gasteiger partial charge in [0.2, 0.25) is 0 Å². The molecule has 0 amide bonds. The SMILES string of the molecule is COc1cc(Br)cc(C2(O)CC2)c1OC1CC1. The van der Waals surface area contributed by atoms with Gasteiger partial charge < -0.3 is 14.6 Å². The fourth-order valence-corrected chi connectivity index (χ4v) is 2.36. The molecule has 92 valence electrons. The van der Waals surface area contributed by atoms with Crippen LogP contribution in [-0.2, 0) is 5.60 Å². The predicted octanol–water partition coefficient (Wildman–Crippen LogP) is 2.98. The Labute approximate surface area is 109 Å². The lowest BCUT2D eigenvalue weighted by Crippen LogP contribution is -2.10. The summed E-state index contributed by atoms with van der Waals surface area (Å²) in [5.41, 5.74) is 0.150. The first-order valence-electron chi connectivity index (χ1n) is 5.89. The zero-order chi connectivity index (χ0) is 12.0. The maximum atomic E-state index is 10.3. The zero-order valence-corrected chi connectivity index (χ0v) is 11.3. The Balaban J connectivity index is 2.05. The highest BCUT2D eigenvalue weighted by molar-refractivity contribution is 9.10. The van der Waals surface area contributed by atoms with Crippen LogP contribution in [-0.4, -0.2) is 18.3 Å². The molecular weight excluding hydrogens is 284 g/mol. The number of aliphatic hydroxyl groups is 1. The third kappa shape index (κ3) is 2.16. The van der Waals surface area contributed by atoms with Crippen molar-refractivity contribution in [3.63, 3.8) is 0 Å². The van der Waals surface area contributed by atoms with Gasteiger partial charge in [0, 0.05) is 10.0 Å². The number of methoxy groups -OCH3 is 1. The molecule has 2 saturated carbocycles. The van der Waals surface area contributed by atoms with Crippen molar-refractivity contribution in [2.45, 2.75) is 37.4 Å². The first-order chi connectivity index (χ1) is 8.12. The van der Waals surface area contributed by atoms with E-state index in [1.54, 1.807) is 7.11 Å². The van der Waals surface area contributed by atoms with Gasteiger partial charge in [0.1, 0.15) is 0 Å². The zero-order valence-electron chi connectivity index (χ0n) is 9.70. The molecule has 0 spiro atoms. The van der Waals surface area contributed by atoms with Crippen molar-refractivity contribution in [1.82, 2.24) is 0 Å². The number of halogens is 1. The summed E-state index contributed by atoms with van der Waals surface area (Å²) in [4.78, 5) is 0. The number of hydrogen-bond acceptors (Lipinski definition) is 3. The molecule has 0 aromatic heterocycles. The minimum Gasteiger partial charge on any atom is -0.493 e. The Morgan fingerprint density at radius 3 is 2.59 bits per heavy atom. The minimum absolute atomic E-state index is 0.297. The third-order valence-electron chi connectivity index (χ3n) is 3.27. The van der Waals surface area contributed by atoms with E-state index < -0.39 is 5.60 Å². The van der Waals surface area contributed by atoms with E-state index in [1.807, 2.05) is 12.1 Å². The van der Waals surface area contributed by atoms with Crippen LogP contribution in [0.5, 0.6) is 11.5 Å². The van der Waals surface area contributed by atoms with Crippen LogP contribution in [0, 0.1) is 0 Å². The summed E-state index contributed by atoms with van der Waals surface area (Å²) < 4.78 is 12.2. The third-order valence-corrected chi connectivity index (χ3v) is 3.73. The maximum absolute atomic E-state index is 10.3. The standard InChI is InChI=1S/C13H15BrO3/c1-16-11-7-8(14)6-10(13(15)4-5-13)12(11)17-9-2-3-9/h6-7,9,15H,2-5H2,1H3. The van der Waals surface area contributed by atoms with Crippen molar-refractivity contribution in [2.24, 2.45) is 0 Å². The highest BCUT2D eigenvalue weighted by Crippen LogP contribution is 2.52. The molecule has 0 saturated heterocycles. The van der Waals surface area contributed by atoms with Crippen molar-refractivity contribution in [2.75, 3.05) is 7.11 Å². The van der Waals surface area contributed by atoms with Gasteiger partial charge in [-0.25, -0.2) is 0 Å². The Morgan fingerprint density at radius 1 is 1.35 bits per heavy atom. The van der Waals surface area contributed by atoms with Gasteiger partial charge in [-0.3, -0.25) is 0 Å². The van der Waals surface area contributed by atoms with Crippen molar-refractivity contribution in [1.29, 1.82) is 0 Å². The second-order valence-corrected chi connectivity index (χ2v) is 5.75. The van der Waals surface area contributed by atoms with Crippen molar-refractivity contribution in [3.05, 3.63) is 22.2 Å². The van der Waals surface area contributed by atoms with Gasteiger partial charge in [-0.05, 0) is 37.8 Å². The monoisotopic (exact) mass is 298 g/mol. The van der Waals surface area contributed by atoms with E-state index in [2.05, 4.69) is 15.9 Å². The second kappa shape index (κ2) is 3.89. The second-order valence-electron chi connectivity index (χ2n) is 4.83. The van der Waals surface area contributed by atoms with Crippen LogP contribution >= 0.6 is 15.9 Å². The largest absolute Gasteiger partial charge is 0.493 e. The lowest BCUT2D eigenvalue weighted by Gasteiger charge is -2.18. The average Bonchev–Trinajstić information content (AvgIpc) is 3.19. The van der Waals surface area contributed by atoms with Crippen LogP contribution in [0.2, 0.25) is 0 Å². The Morgan fingerprint density at radius 2 is 2.06 bits per heavy atom. The minimum atomic E-state index is -0.707. The Kier molecular flexibility index (Phi) is 2.60. The number of ether oxygens (including phenoxy) is 2. The molecule has 2 aliphatic carbocycles. The smallest absolute Gasteiger partial charge is 0.167 e. The average molecular weight is 299 g/mol. The first-order valence-corrected chi connectivity index (χ1v) is 6.69. The molecule has 1 N–H and O–H groups in total. The summed E-state index contributed by atoms with van der Waals surface area (Å²) >= 11 is 3.44. The summed E-state index contributed by atoms with van der Waals surface area (Å²) in [6.07, 6.45) is 4.08. The molecule has 17 heavy (non-hydrogen) atoms. The highest BCUT2D eigenvalue weighted by atomic mass is 79.9. The van der Waals surface area contributed by atoms with E-state index in [1.165, 1.54) is 0 Å². The molecule has 1 aromatic rings. The van der Waals surface area contributed by atoms with Gasteiger partial charge in [0.25, 0.3) is 0 Å². The van der Waals surface area contributed by atoms with Gasteiger partial charge in [-0.1, -0.05) is 15.9 Å². The van der Waals surface area contributed by atoms with Gasteiger partial charge in [-0.2, -0.15) is 0 Å². The molecule has 0 bridgehead atoms. The molecule has 0 atom stereocenters. The van der Waals surface area contributed by atoms with E-state index >= 15 is 0 Å². The fourth-order valence-electron chi connectivity index (χ4n) is 1.93. The van der Waals surface area contributed by atoms with Crippen LogP contribution in [0.4, 0.5) is 0 Å². The number of hydrogen-bond donors (Lipinski definition) is 1. The topological polar surface area (TPSA) is 38.7 Å². The molecule has 1 aromatic carbocycles.